The van der Waals surface area contributed by atoms with Crippen LogP contribution in [-0.4, -0.2) is 20.6 Å². The zero-order valence-corrected chi connectivity index (χ0v) is 11.3. The molecule has 4 heteroatoms. The number of hydrogen-bond acceptors (Lipinski definition) is 2. The summed E-state index contributed by atoms with van der Waals surface area (Å²) in [5, 5.41) is 9.85. The molecule has 2 aromatic rings. The van der Waals surface area contributed by atoms with Crippen molar-refractivity contribution >= 4 is 5.97 Å². The van der Waals surface area contributed by atoms with Gasteiger partial charge in [-0.1, -0.05) is 30.7 Å². The molecule has 3 rings (SSSR count). The molecule has 0 saturated heterocycles. The first-order valence-corrected chi connectivity index (χ1v) is 7.01. The Bertz CT molecular complexity index is 607. The van der Waals surface area contributed by atoms with E-state index in [0.717, 1.165) is 24.8 Å². The van der Waals surface area contributed by atoms with Crippen LogP contribution in [-0.2, 0) is 23.2 Å². The Morgan fingerprint density at radius 3 is 2.75 bits per heavy atom. The molecular weight excluding hydrogens is 252 g/mol. The maximum absolute atomic E-state index is 12.0. The summed E-state index contributed by atoms with van der Waals surface area (Å²) in [5.41, 5.74) is 1.51. The average molecular weight is 270 g/mol. The van der Waals surface area contributed by atoms with Crippen molar-refractivity contribution < 1.29 is 9.90 Å². The van der Waals surface area contributed by atoms with Gasteiger partial charge >= 0.3 is 5.97 Å². The van der Waals surface area contributed by atoms with Gasteiger partial charge in [-0.25, -0.2) is 9.78 Å². The first-order valence-electron chi connectivity index (χ1n) is 7.01. The summed E-state index contributed by atoms with van der Waals surface area (Å²) in [6, 6.07) is 8.18. The van der Waals surface area contributed by atoms with Crippen LogP contribution >= 0.6 is 0 Å². The Labute approximate surface area is 118 Å². The Balaban J connectivity index is 2.09. The summed E-state index contributed by atoms with van der Waals surface area (Å²) in [7, 11) is 0. The SMILES string of the molecule is O=C(O)C1(n2ccnc2)CCCCc2ccccc2C1. The van der Waals surface area contributed by atoms with Gasteiger partial charge in [-0.05, 0) is 30.4 Å². The number of carbonyl (C=O) groups is 1. The number of aryl methyl sites for hydroxylation is 1. The van der Waals surface area contributed by atoms with Crippen LogP contribution in [0.1, 0.15) is 30.4 Å². The van der Waals surface area contributed by atoms with Gasteiger partial charge in [0.15, 0.2) is 0 Å². The van der Waals surface area contributed by atoms with Gasteiger partial charge in [0.25, 0.3) is 0 Å². The monoisotopic (exact) mass is 270 g/mol. The second kappa shape index (κ2) is 5.12. The minimum absolute atomic E-state index is 0.523. The van der Waals surface area contributed by atoms with Gasteiger partial charge in [-0.3, -0.25) is 0 Å². The molecule has 1 aliphatic carbocycles. The van der Waals surface area contributed by atoms with Crippen LogP contribution in [0.5, 0.6) is 0 Å². The molecule has 0 amide bonds. The summed E-state index contributed by atoms with van der Waals surface area (Å²) in [6.07, 6.45) is 9.18. The summed E-state index contributed by atoms with van der Waals surface area (Å²) in [4.78, 5) is 16.0. The number of aliphatic carboxylic acids is 1. The van der Waals surface area contributed by atoms with Crippen LogP contribution in [0.3, 0.4) is 0 Å². The smallest absolute Gasteiger partial charge is 0.330 e. The number of aromatic nitrogens is 2. The van der Waals surface area contributed by atoms with E-state index in [2.05, 4.69) is 17.1 Å². The Kier molecular flexibility index (Phi) is 3.30. The van der Waals surface area contributed by atoms with E-state index in [0.29, 0.717) is 12.8 Å². The molecule has 1 atom stereocenters. The number of rotatable bonds is 2. The largest absolute Gasteiger partial charge is 0.479 e. The predicted molar refractivity (Wildman–Crippen MR) is 75.5 cm³/mol. The molecule has 0 spiro atoms. The lowest BCUT2D eigenvalue weighted by molar-refractivity contribution is -0.148. The number of imidazole rings is 1. The second-order valence-electron chi connectivity index (χ2n) is 5.46. The van der Waals surface area contributed by atoms with Crippen LogP contribution in [0, 0.1) is 0 Å². The van der Waals surface area contributed by atoms with Gasteiger partial charge in [0.05, 0.1) is 6.33 Å². The maximum Gasteiger partial charge on any atom is 0.330 e. The van der Waals surface area contributed by atoms with E-state index in [4.69, 9.17) is 0 Å². The molecule has 1 N–H and O–H groups in total. The lowest BCUT2D eigenvalue weighted by atomic mass is 9.80. The van der Waals surface area contributed by atoms with Crippen molar-refractivity contribution in [3.05, 3.63) is 54.1 Å². The number of hydrogen-bond donors (Lipinski definition) is 1. The van der Waals surface area contributed by atoms with Crippen molar-refractivity contribution in [1.82, 2.24) is 9.55 Å². The van der Waals surface area contributed by atoms with Gasteiger partial charge in [-0.2, -0.15) is 0 Å². The molecule has 0 bridgehead atoms. The van der Waals surface area contributed by atoms with Crippen molar-refractivity contribution in [3.8, 4) is 0 Å². The lowest BCUT2D eigenvalue weighted by Crippen LogP contribution is -2.44. The van der Waals surface area contributed by atoms with Crippen molar-refractivity contribution in [2.75, 3.05) is 0 Å². The summed E-state index contributed by atoms with van der Waals surface area (Å²) >= 11 is 0. The molecule has 1 aromatic carbocycles. The number of benzene rings is 1. The van der Waals surface area contributed by atoms with Crippen LogP contribution in [0.15, 0.2) is 43.0 Å². The fourth-order valence-corrected chi connectivity index (χ4v) is 3.14. The van der Waals surface area contributed by atoms with Crippen molar-refractivity contribution in [2.24, 2.45) is 0 Å². The molecule has 1 aliphatic rings. The molecule has 0 aliphatic heterocycles. The molecule has 0 fully saturated rings. The van der Waals surface area contributed by atoms with Crippen LogP contribution in [0.2, 0.25) is 0 Å². The summed E-state index contributed by atoms with van der Waals surface area (Å²) in [6.45, 7) is 0. The van der Waals surface area contributed by atoms with Crippen molar-refractivity contribution in [1.29, 1.82) is 0 Å². The number of fused-ring (bicyclic) bond motifs is 1. The standard InChI is InChI=1S/C16H18N2O2/c19-15(20)16(18-10-9-17-12-18)8-4-3-6-13-5-1-2-7-14(13)11-16/h1-2,5,7,9-10,12H,3-4,6,8,11H2,(H,19,20). The number of carboxylic acids is 1. The molecule has 104 valence electrons. The van der Waals surface area contributed by atoms with Gasteiger partial charge in [0.2, 0.25) is 0 Å². The van der Waals surface area contributed by atoms with Gasteiger partial charge in [0, 0.05) is 18.8 Å². The first-order chi connectivity index (χ1) is 9.72. The highest BCUT2D eigenvalue weighted by atomic mass is 16.4. The fraction of sp³-hybridized carbons (Fsp3) is 0.375. The highest BCUT2D eigenvalue weighted by Gasteiger charge is 2.40. The van der Waals surface area contributed by atoms with Crippen LogP contribution in [0.4, 0.5) is 0 Å². The predicted octanol–water partition coefficient (Wildman–Crippen LogP) is 2.63. The van der Waals surface area contributed by atoms with Crippen LogP contribution < -0.4 is 0 Å². The summed E-state index contributed by atoms with van der Waals surface area (Å²) < 4.78 is 1.76. The quantitative estimate of drug-likeness (QED) is 0.912. The number of nitrogens with zero attached hydrogens (tertiary/aromatic N) is 2. The minimum atomic E-state index is -0.910. The molecule has 0 saturated carbocycles. The zero-order valence-electron chi connectivity index (χ0n) is 11.3. The van der Waals surface area contributed by atoms with E-state index in [-0.39, 0.29) is 0 Å². The van der Waals surface area contributed by atoms with E-state index in [1.807, 2.05) is 12.1 Å². The van der Waals surface area contributed by atoms with E-state index < -0.39 is 11.5 Å². The molecular formula is C16H18N2O2. The van der Waals surface area contributed by atoms with Crippen molar-refractivity contribution in [2.45, 2.75) is 37.6 Å². The molecule has 1 aromatic heterocycles. The first kappa shape index (κ1) is 12.9. The maximum atomic E-state index is 12.0. The van der Waals surface area contributed by atoms with E-state index in [1.165, 1.54) is 5.56 Å². The highest BCUT2D eigenvalue weighted by molar-refractivity contribution is 5.77. The van der Waals surface area contributed by atoms with Gasteiger partial charge in [0.1, 0.15) is 5.54 Å². The zero-order chi connectivity index (χ0) is 14.0. The van der Waals surface area contributed by atoms with Crippen LogP contribution in [0.25, 0.3) is 0 Å². The third-order valence-corrected chi connectivity index (χ3v) is 4.28. The highest BCUT2D eigenvalue weighted by Crippen LogP contribution is 2.33. The molecule has 1 unspecified atom stereocenters. The topological polar surface area (TPSA) is 55.1 Å². The summed E-state index contributed by atoms with van der Waals surface area (Å²) in [5.74, 6) is -0.771. The normalized spacial score (nSPS) is 22.6. The van der Waals surface area contributed by atoms with E-state index in [9.17, 15) is 9.90 Å². The Hall–Kier alpha value is -2.10. The molecule has 4 nitrogen and oxygen atoms in total. The third kappa shape index (κ3) is 2.11. The second-order valence-corrected chi connectivity index (χ2v) is 5.46. The number of carboxylic acid groups (broad SMARTS) is 1. The minimum Gasteiger partial charge on any atom is -0.479 e. The van der Waals surface area contributed by atoms with Crippen molar-refractivity contribution in [3.63, 3.8) is 0 Å². The molecule has 1 heterocycles. The van der Waals surface area contributed by atoms with E-state index >= 15 is 0 Å². The Morgan fingerprint density at radius 2 is 2.05 bits per heavy atom. The fourth-order valence-electron chi connectivity index (χ4n) is 3.14. The average Bonchev–Trinajstić information content (AvgIpc) is 2.94. The Morgan fingerprint density at radius 1 is 1.25 bits per heavy atom. The van der Waals surface area contributed by atoms with Gasteiger partial charge < -0.3 is 9.67 Å². The lowest BCUT2D eigenvalue weighted by Gasteiger charge is -2.33. The third-order valence-electron chi connectivity index (χ3n) is 4.28. The van der Waals surface area contributed by atoms with E-state index in [1.54, 1.807) is 23.3 Å². The molecule has 20 heavy (non-hydrogen) atoms. The molecule has 0 radical (unpaired) electrons. The van der Waals surface area contributed by atoms with Gasteiger partial charge in [-0.15, -0.1) is 0 Å².